The summed E-state index contributed by atoms with van der Waals surface area (Å²) in [5, 5.41) is 0. The fourth-order valence-corrected chi connectivity index (χ4v) is 6.55. The first-order valence-corrected chi connectivity index (χ1v) is 9.64. The number of carbonyl (C=O) groups is 1. The van der Waals surface area contributed by atoms with Gasteiger partial charge in [-0.15, -0.1) is 11.3 Å². The van der Waals surface area contributed by atoms with E-state index in [4.69, 9.17) is 0 Å². The highest BCUT2D eigenvalue weighted by Crippen LogP contribution is 2.35. The first-order chi connectivity index (χ1) is 9.32. The molecule has 2 rings (SSSR count). The second kappa shape index (κ2) is 6.25. The van der Waals surface area contributed by atoms with E-state index in [1.54, 1.807) is 6.07 Å². The van der Waals surface area contributed by atoms with Gasteiger partial charge in [0.25, 0.3) is 10.0 Å². The summed E-state index contributed by atoms with van der Waals surface area (Å²) in [4.78, 5) is 11.4. The molecule has 0 bridgehead atoms. The molecule has 1 aliphatic rings. The van der Waals surface area contributed by atoms with Gasteiger partial charge in [0, 0.05) is 19.0 Å². The summed E-state index contributed by atoms with van der Waals surface area (Å²) in [6, 6.07) is 1.51. The van der Waals surface area contributed by atoms with Crippen molar-refractivity contribution < 1.29 is 13.2 Å². The van der Waals surface area contributed by atoms with Gasteiger partial charge in [0.05, 0.1) is 3.79 Å². The van der Waals surface area contributed by atoms with Crippen molar-refractivity contribution in [1.29, 1.82) is 0 Å². The molecule has 0 spiro atoms. The SMILES string of the molecule is CC(=O)CC1CCCCN1S(=O)(=O)c1cc(C)c(Br)s1. The number of Topliss-reactive ketones (excluding diaryl/α,β-unsaturated/α-hetero) is 1. The first kappa shape index (κ1) is 16.1. The Hall–Kier alpha value is -0.240. The van der Waals surface area contributed by atoms with E-state index in [0.29, 0.717) is 17.2 Å². The van der Waals surface area contributed by atoms with Crippen molar-refractivity contribution in [2.75, 3.05) is 6.54 Å². The normalized spacial score (nSPS) is 21.1. The number of nitrogens with zero attached hydrogens (tertiary/aromatic N) is 1. The summed E-state index contributed by atoms with van der Waals surface area (Å²) in [5.41, 5.74) is 0.925. The minimum absolute atomic E-state index is 0.0423. The Bertz CT molecular complexity index is 590. The average molecular weight is 380 g/mol. The number of piperidine rings is 1. The number of rotatable bonds is 4. The lowest BCUT2D eigenvalue weighted by Crippen LogP contribution is -2.44. The second-order valence-corrected chi connectivity index (χ2v) is 9.68. The Balaban J connectivity index is 2.32. The van der Waals surface area contributed by atoms with Crippen molar-refractivity contribution in [2.45, 2.75) is 49.8 Å². The molecule has 0 amide bonds. The molecular weight excluding hydrogens is 362 g/mol. The van der Waals surface area contributed by atoms with Crippen LogP contribution in [0.2, 0.25) is 0 Å². The highest BCUT2D eigenvalue weighted by Gasteiger charge is 2.35. The number of sulfonamides is 1. The van der Waals surface area contributed by atoms with Gasteiger partial charge in [0.1, 0.15) is 9.99 Å². The summed E-state index contributed by atoms with van der Waals surface area (Å²) < 4.78 is 28.2. The van der Waals surface area contributed by atoms with Gasteiger partial charge in [-0.2, -0.15) is 4.31 Å². The van der Waals surface area contributed by atoms with Crippen molar-refractivity contribution in [3.05, 3.63) is 15.4 Å². The molecular formula is C13H18BrNO3S2. The van der Waals surface area contributed by atoms with E-state index in [9.17, 15) is 13.2 Å². The van der Waals surface area contributed by atoms with Crippen LogP contribution >= 0.6 is 27.3 Å². The summed E-state index contributed by atoms with van der Waals surface area (Å²) >= 11 is 4.61. The topological polar surface area (TPSA) is 54.5 Å². The Kier molecular flexibility index (Phi) is 5.05. The molecule has 0 N–H and O–H groups in total. The van der Waals surface area contributed by atoms with Gasteiger partial charge in [-0.25, -0.2) is 8.42 Å². The fraction of sp³-hybridized carbons (Fsp3) is 0.615. The number of carbonyl (C=O) groups excluding carboxylic acids is 1. The van der Waals surface area contributed by atoms with Crippen molar-refractivity contribution in [3.8, 4) is 0 Å². The van der Waals surface area contributed by atoms with Gasteiger partial charge in [0.15, 0.2) is 0 Å². The van der Waals surface area contributed by atoms with Crippen LogP contribution in [0.1, 0.15) is 38.2 Å². The van der Waals surface area contributed by atoms with Gasteiger partial charge in [0.2, 0.25) is 0 Å². The van der Waals surface area contributed by atoms with Crippen LogP contribution in [0.4, 0.5) is 0 Å². The standard InChI is InChI=1S/C13H18BrNO3S2/c1-9-7-12(19-13(9)14)20(17,18)15-6-4-3-5-11(15)8-10(2)16/h7,11H,3-6,8H2,1-2H3. The predicted octanol–water partition coefficient (Wildman–Crippen LogP) is 3.34. The second-order valence-electron chi connectivity index (χ2n) is 5.19. The number of hydrogen-bond donors (Lipinski definition) is 0. The summed E-state index contributed by atoms with van der Waals surface area (Å²) in [7, 11) is -3.49. The molecule has 0 radical (unpaired) electrons. The molecule has 0 saturated carbocycles. The van der Waals surface area contributed by atoms with Crippen LogP contribution in [0.3, 0.4) is 0 Å². The third-order valence-electron chi connectivity index (χ3n) is 3.49. The van der Waals surface area contributed by atoms with Crippen molar-refractivity contribution >= 4 is 43.1 Å². The zero-order valence-electron chi connectivity index (χ0n) is 11.6. The van der Waals surface area contributed by atoms with Crippen LogP contribution in [0.5, 0.6) is 0 Å². The van der Waals surface area contributed by atoms with Crippen molar-refractivity contribution in [3.63, 3.8) is 0 Å². The molecule has 1 atom stereocenters. The van der Waals surface area contributed by atoms with Crippen molar-refractivity contribution in [1.82, 2.24) is 4.31 Å². The smallest absolute Gasteiger partial charge is 0.252 e. The lowest BCUT2D eigenvalue weighted by atomic mass is 10.0. The molecule has 2 heterocycles. The molecule has 1 aromatic rings. The molecule has 1 aliphatic heterocycles. The maximum Gasteiger partial charge on any atom is 0.252 e. The number of thiophene rings is 1. The van der Waals surface area contributed by atoms with Gasteiger partial charge >= 0.3 is 0 Å². The van der Waals surface area contributed by atoms with Crippen LogP contribution in [-0.2, 0) is 14.8 Å². The molecule has 4 nitrogen and oxygen atoms in total. The minimum atomic E-state index is -3.49. The minimum Gasteiger partial charge on any atom is -0.300 e. The largest absolute Gasteiger partial charge is 0.300 e. The van der Waals surface area contributed by atoms with E-state index in [0.717, 1.165) is 28.6 Å². The average Bonchev–Trinajstić information content (AvgIpc) is 2.70. The molecule has 0 aliphatic carbocycles. The maximum absolute atomic E-state index is 12.7. The molecule has 7 heteroatoms. The molecule has 20 heavy (non-hydrogen) atoms. The number of hydrogen-bond acceptors (Lipinski definition) is 4. The van der Waals surface area contributed by atoms with Crippen LogP contribution in [0, 0.1) is 6.92 Å². The highest BCUT2D eigenvalue weighted by atomic mass is 79.9. The van der Waals surface area contributed by atoms with Gasteiger partial charge < -0.3 is 0 Å². The highest BCUT2D eigenvalue weighted by molar-refractivity contribution is 9.11. The monoisotopic (exact) mass is 379 g/mol. The zero-order valence-corrected chi connectivity index (χ0v) is 14.8. The summed E-state index contributed by atoms with van der Waals surface area (Å²) in [6.45, 7) is 3.91. The Morgan fingerprint density at radius 3 is 2.75 bits per heavy atom. The van der Waals surface area contributed by atoms with Gasteiger partial charge in [-0.05, 0) is 54.2 Å². The molecule has 1 fully saturated rings. The molecule has 0 aromatic carbocycles. The predicted molar refractivity (Wildman–Crippen MR) is 83.6 cm³/mol. The third-order valence-corrected chi connectivity index (χ3v) is 8.03. The summed E-state index contributed by atoms with van der Waals surface area (Å²) in [5.74, 6) is 0.0423. The van der Waals surface area contributed by atoms with E-state index in [-0.39, 0.29) is 11.8 Å². The fourth-order valence-electron chi connectivity index (χ4n) is 2.50. The quantitative estimate of drug-likeness (QED) is 0.805. The van der Waals surface area contributed by atoms with E-state index in [2.05, 4.69) is 15.9 Å². The lowest BCUT2D eigenvalue weighted by Gasteiger charge is -2.33. The van der Waals surface area contributed by atoms with Crippen molar-refractivity contribution in [2.24, 2.45) is 0 Å². The van der Waals surface area contributed by atoms with E-state index in [1.807, 2.05) is 6.92 Å². The molecule has 1 saturated heterocycles. The summed E-state index contributed by atoms with van der Waals surface area (Å²) in [6.07, 6.45) is 2.92. The van der Waals surface area contributed by atoms with Crippen LogP contribution in [0.25, 0.3) is 0 Å². The van der Waals surface area contributed by atoms with Crippen LogP contribution in [-0.4, -0.2) is 31.1 Å². The van der Waals surface area contributed by atoms with Gasteiger partial charge in [-0.3, -0.25) is 4.79 Å². The van der Waals surface area contributed by atoms with Crippen LogP contribution in [0.15, 0.2) is 14.1 Å². The Labute approximate surface area is 132 Å². The third kappa shape index (κ3) is 3.32. The molecule has 1 unspecified atom stereocenters. The van der Waals surface area contributed by atoms with E-state index >= 15 is 0 Å². The first-order valence-electron chi connectivity index (χ1n) is 6.59. The number of aryl methyl sites for hydroxylation is 1. The maximum atomic E-state index is 12.7. The number of ketones is 1. The van der Waals surface area contributed by atoms with E-state index in [1.165, 1.54) is 22.6 Å². The Morgan fingerprint density at radius 2 is 2.20 bits per heavy atom. The molecule has 1 aromatic heterocycles. The molecule has 112 valence electrons. The Morgan fingerprint density at radius 1 is 1.50 bits per heavy atom. The number of halogens is 1. The zero-order chi connectivity index (χ0) is 14.9. The van der Waals surface area contributed by atoms with Crippen LogP contribution < -0.4 is 0 Å². The lowest BCUT2D eigenvalue weighted by molar-refractivity contribution is -0.118. The van der Waals surface area contributed by atoms with E-state index < -0.39 is 10.0 Å². The van der Waals surface area contributed by atoms with Gasteiger partial charge in [-0.1, -0.05) is 6.42 Å².